The Morgan fingerprint density at radius 1 is 1.15 bits per heavy atom. The number of thioether (sulfide) groups is 1. The molecule has 0 radical (unpaired) electrons. The van der Waals surface area contributed by atoms with Crippen molar-refractivity contribution in [3.63, 3.8) is 0 Å². The smallest absolute Gasteiger partial charge is 0.343 e. The lowest BCUT2D eigenvalue weighted by Gasteiger charge is -2.33. The average Bonchev–Trinajstić information content (AvgIpc) is 3.54. The second kappa shape index (κ2) is 8.77. The number of aromatic nitrogens is 5. The number of nitrogens with one attached hydrogen (secondary N) is 1. The molecule has 33 heavy (non-hydrogen) atoms. The van der Waals surface area contributed by atoms with Crippen LogP contribution in [0, 0.1) is 0 Å². The molecule has 0 unspecified atom stereocenters. The maximum absolute atomic E-state index is 12.0. The van der Waals surface area contributed by atoms with Gasteiger partial charge in [-0.05, 0) is 61.9 Å². The van der Waals surface area contributed by atoms with Gasteiger partial charge >= 0.3 is 5.69 Å². The fourth-order valence-electron chi connectivity index (χ4n) is 4.86. The second-order valence-electron chi connectivity index (χ2n) is 8.53. The number of halogens is 1. The summed E-state index contributed by atoms with van der Waals surface area (Å²) in [6.45, 7) is 1.73. The maximum atomic E-state index is 12.0. The van der Waals surface area contributed by atoms with Crippen LogP contribution in [-0.2, 0) is 18.6 Å². The largest absolute Gasteiger partial charge is 0.356 e. The number of anilines is 1. The van der Waals surface area contributed by atoms with Crippen LogP contribution in [-0.4, -0.2) is 37.8 Å². The van der Waals surface area contributed by atoms with Gasteiger partial charge in [0, 0.05) is 33.9 Å². The highest BCUT2D eigenvalue weighted by atomic mass is 35.5. The Morgan fingerprint density at radius 2 is 1.97 bits per heavy atom. The number of fused-ring (bicyclic) bond motifs is 3. The highest BCUT2D eigenvalue weighted by molar-refractivity contribution is 7.98. The molecule has 4 aromatic rings. The van der Waals surface area contributed by atoms with E-state index in [0.29, 0.717) is 5.75 Å². The average molecular weight is 499 g/mol. The first kappa shape index (κ1) is 21.2. The van der Waals surface area contributed by atoms with E-state index in [1.807, 2.05) is 35.6 Å². The molecule has 4 heterocycles. The van der Waals surface area contributed by atoms with Crippen molar-refractivity contribution in [3.05, 3.63) is 62.4 Å². The molecular formula is C23H23ClN6OS2. The van der Waals surface area contributed by atoms with Crippen molar-refractivity contribution in [1.82, 2.24) is 24.7 Å². The zero-order valence-electron chi connectivity index (χ0n) is 18.0. The van der Waals surface area contributed by atoms with Crippen LogP contribution in [0.5, 0.6) is 0 Å². The number of benzene rings is 1. The number of thiophene rings is 1. The van der Waals surface area contributed by atoms with Crippen molar-refractivity contribution in [3.8, 4) is 0 Å². The molecule has 7 nitrogen and oxygen atoms in total. The summed E-state index contributed by atoms with van der Waals surface area (Å²) in [5.41, 5.74) is 1.32. The Labute approximate surface area is 204 Å². The molecule has 1 N–H and O–H groups in total. The molecule has 1 aromatic carbocycles. The molecule has 1 saturated heterocycles. The fourth-order valence-corrected chi connectivity index (χ4v) is 7.02. The Balaban J connectivity index is 1.29. The summed E-state index contributed by atoms with van der Waals surface area (Å²) in [6, 6.07) is 8.08. The fraction of sp³-hybridized carbons (Fsp3) is 0.391. The van der Waals surface area contributed by atoms with E-state index in [4.69, 9.17) is 21.6 Å². The third kappa shape index (κ3) is 4.06. The molecule has 0 spiro atoms. The van der Waals surface area contributed by atoms with Crippen LogP contribution >= 0.6 is 34.7 Å². The van der Waals surface area contributed by atoms with Gasteiger partial charge in [0.1, 0.15) is 22.8 Å². The van der Waals surface area contributed by atoms with Crippen LogP contribution < -0.4 is 10.6 Å². The van der Waals surface area contributed by atoms with E-state index in [0.717, 1.165) is 65.2 Å². The molecule has 1 fully saturated rings. The zero-order chi connectivity index (χ0) is 22.4. The number of aromatic amines is 1. The van der Waals surface area contributed by atoms with Crippen molar-refractivity contribution in [2.24, 2.45) is 0 Å². The van der Waals surface area contributed by atoms with Gasteiger partial charge in [-0.15, -0.1) is 23.1 Å². The highest BCUT2D eigenvalue weighted by Crippen LogP contribution is 2.42. The second-order valence-corrected chi connectivity index (χ2v) is 11.1. The zero-order valence-corrected chi connectivity index (χ0v) is 20.3. The van der Waals surface area contributed by atoms with E-state index in [1.165, 1.54) is 22.2 Å². The van der Waals surface area contributed by atoms with Gasteiger partial charge < -0.3 is 4.90 Å². The summed E-state index contributed by atoms with van der Waals surface area (Å²) in [5.74, 6) is 2.66. The van der Waals surface area contributed by atoms with Crippen molar-refractivity contribution in [1.29, 1.82) is 0 Å². The third-order valence-electron chi connectivity index (χ3n) is 6.51. The SMILES string of the molecule is O=c1[nH]ncn1C1CCN(c2nc(CSc3ccc(Cl)cc3)nc3sc4c(c23)CCC4)CC1. The molecule has 1 aliphatic heterocycles. The molecular weight excluding hydrogens is 476 g/mol. The monoisotopic (exact) mass is 498 g/mol. The number of nitrogens with zero attached hydrogens (tertiary/aromatic N) is 5. The predicted molar refractivity (Wildman–Crippen MR) is 134 cm³/mol. The number of rotatable bonds is 5. The van der Waals surface area contributed by atoms with E-state index in [1.54, 1.807) is 22.7 Å². The van der Waals surface area contributed by atoms with Crippen LogP contribution in [0.15, 0.2) is 40.3 Å². The summed E-state index contributed by atoms with van der Waals surface area (Å²) < 4.78 is 1.73. The van der Waals surface area contributed by atoms with Gasteiger partial charge in [0.15, 0.2) is 0 Å². The van der Waals surface area contributed by atoms with Crippen LogP contribution in [0.25, 0.3) is 10.2 Å². The van der Waals surface area contributed by atoms with Crippen LogP contribution in [0.1, 0.15) is 41.6 Å². The van der Waals surface area contributed by atoms with E-state index in [-0.39, 0.29) is 11.7 Å². The molecule has 2 aliphatic rings. The van der Waals surface area contributed by atoms with Gasteiger partial charge in [-0.1, -0.05) is 11.6 Å². The molecule has 3 aromatic heterocycles. The van der Waals surface area contributed by atoms with Crippen molar-refractivity contribution >= 4 is 50.7 Å². The molecule has 0 saturated carbocycles. The van der Waals surface area contributed by atoms with E-state index >= 15 is 0 Å². The lowest BCUT2D eigenvalue weighted by atomic mass is 10.0. The third-order valence-corrected chi connectivity index (χ3v) is 8.95. The van der Waals surface area contributed by atoms with E-state index in [2.05, 4.69) is 15.1 Å². The van der Waals surface area contributed by atoms with Gasteiger partial charge in [-0.3, -0.25) is 4.57 Å². The van der Waals surface area contributed by atoms with Crippen molar-refractivity contribution in [2.45, 2.75) is 48.8 Å². The molecule has 0 amide bonds. The number of hydrogen-bond acceptors (Lipinski definition) is 7. The quantitative estimate of drug-likeness (QED) is 0.396. The highest BCUT2D eigenvalue weighted by Gasteiger charge is 2.28. The predicted octanol–water partition coefficient (Wildman–Crippen LogP) is 4.85. The van der Waals surface area contributed by atoms with Gasteiger partial charge in [0.2, 0.25) is 0 Å². The Bertz CT molecular complexity index is 1350. The van der Waals surface area contributed by atoms with Gasteiger partial charge in [-0.25, -0.2) is 19.9 Å². The molecule has 0 atom stereocenters. The van der Waals surface area contributed by atoms with Crippen LogP contribution in [0.2, 0.25) is 5.02 Å². The van der Waals surface area contributed by atoms with Crippen molar-refractivity contribution < 1.29 is 0 Å². The van der Waals surface area contributed by atoms with E-state index < -0.39 is 0 Å². The standard InChI is InChI=1S/C23H23ClN6OS2/c24-14-4-6-16(7-5-14)32-12-19-26-21(20-17-2-1-3-18(17)33-22(20)27-19)29-10-8-15(9-11-29)30-13-25-28-23(30)31/h4-7,13,15H,1-3,8-12H2,(H,28,31). The molecule has 1 aliphatic carbocycles. The van der Waals surface area contributed by atoms with Crippen LogP contribution in [0.3, 0.4) is 0 Å². The minimum Gasteiger partial charge on any atom is -0.356 e. The molecule has 0 bridgehead atoms. The Kier molecular flexibility index (Phi) is 5.63. The molecule has 10 heteroatoms. The first-order valence-corrected chi connectivity index (χ1v) is 13.4. The Hall–Kier alpha value is -2.36. The molecule has 6 rings (SSSR count). The van der Waals surface area contributed by atoms with E-state index in [9.17, 15) is 4.79 Å². The first-order chi connectivity index (χ1) is 16.2. The summed E-state index contributed by atoms with van der Waals surface area (Å²) in [5, 5.41) is 8.40. The van der Waals surface area contributed by atoms with Crippen LogP contribution in [0.4, 0.5) is 5.82 Å². The minimum absolute atomic E-state index is 0.130. The summed E-state index contributed by atoms with van der Waals surface area (Å²) in [4.78, 5) is 28.2. The van der Waals surface area contributed by atoms with Gasteiger partial charge in [-0.2, -0.15) is 5.10 Å². The Morgan fingerprint density at radius 3 is 2.73 bits per heavy atom. The number of hydrogen-bond donors (Lipinski definition) is 1. The van der Waals surface area contributed by atoms with Gasteiger partial charge in [0.25, 0.3) is 0 Å². The number of H-pyrrole nitrogens is 1. The van der Waals surface area contributed by atoms with Crippen molar-refractivity contribution in [2.75, 3.05) is 18.0 Å². The maximum Gasteiger partial charge on any atom is 0.343 e. The normalized spacial score (nSPS) is 16.6. The first-order valence-electron chi connectivity index (χ1n) is 11.2. The summed E-state index contributed by atoms with van der Waals surface area (Å²) in [6.07, 6.45) is 6.89. The summed E-state index contributed by atoms with van der Waals surface area (Å²) in [7, 11) is 0. The lowest BCUT2D eigenvalue weighted by molar-refractivity contribution is 0.387. The lowest BCUT2D eigenvalue weighted by Crippen LogP contribution is -2.37. The molecule has 170 valence electrons. The minimum atomic E-state index is -0.130. The summed E-state index contributed by atoms with van der Waals surface area (Å²) >= 11 is 9.60. The van der Waals surface area contributed by atoms with Gasteiger partial charge in [0.05, 0.1) is 11.1 Å². The topological polar surface area (TPSA) is 79.7 Å². The number of piperidine rings is 1. The number of aryl methyl sites for hydroxylation is 2.